The fourth-order valence-electron chi connectivity index (χ4n) is 7.31. The summed E-state index contributed by atoms with van der Waals surface area (Å²) in [6, 6.07) is -0.734. The Morgan fingerprint density at radius 1 is 0.484 bits per heavy atom. The second-order valence-corrected chi connectivity index (χ2v) is 18.5. The van der Waals surface area contributed by atoms with Crippen molar-refractivity contribution < 1.29 is 38.2 Å². The topological polar surface area (TPSA) is 102 Å². The molecule has 0 aliphatic heterocycles. The van der Waals surface area contributed by atoms with Crippen molar-refractivity contribution in [2.45, 2.75) is 225 Å². The number of likely N-dealkylation sites (N-methyl/N-ethyl adjacent to an activating group) is 1. The Morgan fingerprint density at radius 2 is 0.891 bits per heavy atom. The van der Waals surface area contributed by atoms with Gasteiger partial charge in [-0.2, -0.15) is 0 Å². The van der Waals surface area contributed by atoms with Crippen molar-refractivity contribution in [2.24, 2.45) is 0 Å². The van der Waals surface area contributed by atoms with Crippen LogP contribution in [-0.4, -0.2) is 75.5 Å². The molecule has 2 atom stereocenters. The largest absolute Gasteiger partial charge is 0.544 e. The average molecular weight is 896 g/mol. The van der Waals surface area contributed by atoms with Crippen molar-refractivity contribution in [1.82, 2.24) is 0 Å². The quantitative estimate of drug-likeness (QED) is 0.0197. The number of unbranched alkanes of at least 4 members (excludes halogenated alkanes) is 22. The summed E-state index contributed by atoms with van der Waals surface area (Å²) in [5.41, 5.74) is 0. The SMILES string of the molecule is CCCCC/C=C/C/C=C/C/C=C/CCCCCCCCCCCC(=O)OC(COCCC(C(=O)[O-])[N+](C)(C)C)COC(=O)CCCCCCC/C=C/C=C/C=C/CCCCCCC. The number of nitrogens with zero attached hydrogens (tertiary/aromatic N) is 1. The van der Waals surface area contributed by atoms with Gasteiger partial charge in [0.25, 0.3) is 0 Å². The second kappa shape index (κ2) is 46.3. The Labute approximate surface area is 393 Å². The number of aliphatic carboxylic acids is 1. The normalized spacial score (nSPS) is 13.5. The van der Waals surface area contributed by atoms with Crippen LogP contribution in [0, 0.1) is 0 Å². The highest BCUT2D eigenvalue weighted by Gasteiger charge is 2.25. The molecule has 0 radical (unpaired) electrons. The highest BCUT2D eigenvalue weighted by Crippen LogP contribution is 2.14. The molecule has 0 amide bonds. The Hall–Kier alpha value is -3.23. The third kappa shape index (κ3) is 44.0. The first-order valence-corrected chi connectivity index (χ1v) is 26.0. The molecule has 0 aromatic rings. The van der Waals surface area contributed by atoms with E-state index >= 15 is 0 Å². The second-order valence-electron chi connectivity index (χ2n) is 18.5. The lowest BCUT2D eigenvalue weighted by Crippen LogP contribution is -2.55. The molecule has 0 saturated heterocycles. The van der Waals surface area contributed by atoms with Crippen LogP contribution in [0.1, 0.15) is 213 Å². The van der Waals surface area contributed by atoms with Crippen LogP contribution in [0.25, 0.3) is 0 Å². The Morgan fingerprint density at radius 3 is 1.38 bits per heavy atom. The molecule has 0 saturated carbocycles. The van der Waals surface area contributed by atoms with Crippen molar-refractivity contribution >= 4 is 17.9 Å². The summed E-state index contributed by atoms with van der Waals surface area (Å²) in [6.07, 6.45) is 59.2. The Kier molecular flexibility index (Phi) is 44.0. The maximum absolute atomic E-state index is 12.8. The van der Waals surface area contributed by atoms with Gasteiger partial charge in [-0.25, -0.2) is 0 Å². The summed E-state index contributed by atoms with van der Waals surface area (Å²) >= 11 is 0. The maximum atomic E-state index is 12.8. The molecule has 64 heavy (non-hydrogen) atoms. The summed E-state index contributed by atoms with van der Waals surface area (Å²) in [5.74, 6) is -1.77. The van der Waals surface area contributed by atoms with Crippen LogP contribution in [0.5, 0.6) is 0 Å². The van der Waals surface area contributed by atoms with Gasteiger partial charge in [0.15, 0.2) is 6.10 Å². The lowest BCUT2D eigenvalue weighted by molar-refractivity contribution is -0.889. The molecular formula is C56H97NO7. The Balaban J connectivity index is 4.30. The van der Waals surface area contributed by atoms with Crippen LogP contribution in [0.15, 0.2) is 72.9 Å². The molecule has 8 nitrogen and oxygen atoms in total. The van der Waals surface area contributed by atoms with Gasteiger partial charge in [0.05, 0.1) is 40.3 Å². The van der Waals surface area contributed by atoms with E-state index in [2.05, 4.69) is 86.8 Å². The minimum atomic E-state index is -1.13. The van der Waals surface area contributed by atoms with Gasteiger partial charge < -0.3 is 28.6 Å². The van der Waals surface area contributed by atoms with E-state index in [1.54, 1.807) is 21.1 Å². The molecule has 8 heteroatoms. The van der Waals surface area contributed by atoms with Gasteiger partial charge in [-0.1, -0.05) is 189 Å². The molecule has 0 spiro atoms. The number of carboxylic acid groups (broad SMARTS) is 1. The molecule has 0 fully saturated rings. The first-order chi connectivity index (χ1) is 31.1. The van der Waals surface area contributed by atoms with E-state index in [-0.39, 0.29) is 42.7 Å². The number of carboxylic acids is 1. The van der Waals surface area contributed by atoms with Crippen LogP contribution in [0.2, 0.25) is 0 Å². The predicted octanol–water partition coefficient (Wildman–Crippen LogP) is 13.8. The lowest BCUT2D eigenvalue weighted by atomic mass is 10.1. The van der Waals surface area contributed by atoms with Gasteiger partial charge in [0.1, 0.15) is 12.6 Å². The van der Waals surface area contributed by atoms with E-state index in [9.17, 15) is 19.5 Å². The summed E-state index contributed by atoms with van der Waals surface area (Å²) in [4.78, 5) is 37.0. The fourth-order valence-corrected chi connectivity index (χ4v) is 7.31. The average Bonchev–Trinajstić information content (AvgIpc) is 3.26. The summed E-state index contributed by atoms with van der Waals surface area (Å²) in [5, 5.41) is 11.7. The van der Waals surface area contributed by atoms with E-state index in [0.29, 0.717) is 12.8 Å². The molecule has 0 N–H and O–H groups in total. The van der Waals surface area contributed by atoms with E-state index < -0.39 is 18.1 Å². The van der Waals surface area contributed by atoms with E-state index in [1.807, 2.05) is 0 Å². The molecule has 2 unspecified atom stereocenters. The maximum Gasteiger partial charge on any atom is 0.306 e. The molecule has 0 heterocycles. The van der Waals surface area contributed by atoms with Gasteiger partial charge in [0.2, 0.25) is 0 Å². The van der Waals surface area contributed by atoms with Crippen molar-refractivity contribution in [3.63, 3.8) is 0 Å². The molecule has 0 aliphatic carbocycles. The van der Waals surface area contributed by atoms with Crippen LogP contribution >= 0.6 is 0 Å². The van der Waals surface area contributed by atoms with Crippen molar-refractivity contribution in [1.29, 1.82) is 0 Å². The third-order valence-corrected chi connectivity index (χ3v) is 11.4. The van der Waals surface area contributed by atoms with Gasteiger partial charge in [-0.15, -0.1) is 0 Å². The van der Waals surface area contributed by atoms with Gasteiger partial charge in [-0.3, -0.25) is 9.59 Å². The summed E-state index contributed by atoms with van der Waals surface area (Å²) < 4.78 is 17.2. The fraction of sp³-hybridized carbons (Fsp3) is 0.732. The number of rotatable bonds is 46. The zero-order valence-electron chi connectivity index (χ0n) is 41.9. The highest BCUT2D eigenvalue weighted by atomic mass is 16.6. The van der Waals surface area contributed by atoms with Crippen LogP contribution in [0.4, 0.5) is 0 Å². The first-order valence-electron chi connectivity index (χ1n) is 26.0. The van der Waals surface area contributed by atoms with Crippen molar-refractivity contribution in [3.8, 4) is 0 Å². The monoisotopic (exact) mass is 896 g/mol. The molecule has 0 aliphatic rings. The van der Waals surface area contributed by atoms with Gasteiger partial charge in [0, 0.05) is 19.3 Å². The number of quaternary nitrogens is 1. The molecule has 0 rings (SSSR count). The Bertz CT molecular complexity index is 1270. The zero-order valence-corrected chi connectivity index (χ0v) is 41.9. The smallest absolute Gasteiger partial charge is 0.306 e. The van der Waals surface area contributed by atoms with Crippen LogP contribution < -0.4 is 5.11 Å². The standard InChI is InChI=1S/C56H97NO7/c1-6-8-10-12-14-16-18-20-22-24-26-27-28-29-31-33-35-37-39-41-43-45-47-55(59)64-52(50-62-49-48-53(56(60)61)57(3,4)5)51-63-54(58)46-44-42-40-38-36-34-32-30-25-23-21-19-17-15-13-11-9-7-2/h14,16,19-23,25-27,30,32,52-53H,6-13,15,17-18,24,28-29,31,33-51H2,1-5H3/b16-14+,21-19+,22-20+,25-23+,27-26+,32-30+. The summed E-state index contributed by atoms with van der Waals surface area (Å²) in [6.45, 7) is 4.60. The highest BCUT2D eigenvalue weighted by molar-refractivity contribution is 5.70. The van der Waals surface area contributed by atoms with Gasteiger partial charge in [-0.05, 0) is 77.0 Å². The number of hydrogen-bond donors (Lipinski definition) is 0. The third-order valence-electron chi connectivity index (χ3n) is 11.4. The minimum absolute atomic E-state index is 0.0288. The number of allylic oxidation sites excluding steroid dienone is 12. The number of hydrogen-bond acceptors (Lipinski definition) is 7. The number of carbonyl (C=O) groups excluding carboxylic acids is 3. The van der Waals surface area contributed by atoms with Crippen molar-refractivity contribution in [2.75, 3.05) is 41.0 Å². The van der Waals surface area contributed by atoms with Crippen LogP contribution in [-0.2, 0) is 28.6 Å². The summed E-state index contributed by atoms with van der Waals surface area (Å²) in [7, 11) is 5.40. The minimum Gasteiger partial charge on any atom is -0.544 e. The lowest BCUT2D eigenvalue weighted by Gasteiger charge is -2.34. The molecule has 0 bridgehead atoms. The number of ether oxygens (including phenoxy) is 3. The zero-order chi connectivity index (χ0) is 47.0. The van der Waals surface area contributed by atoms with E-state index in [4.69, 9.17) is 14.2 Å². The molecular weight excluding hydrogens is 799 g/mol. The van der Waals surface area contributed by atoms with Crippen LogP contribution in [0.3, 0.4) is 0 Å². The molecule has 368 valence electrons. The first kappa shape index (κ1) is 60.8. The molecule has 0 aromatic heterocycles. The van der Waals surface area contributed by atoms with E-state index in [1.165, 1.54) is 96.3 Å². The van der Waals surface area contributed by atoms with Crippen molar-refractivity contribution in [3.05, 3.63) is 72.9 Å². The number of esters is 2. The predicted molar refractivity (Wildman–Crippen MR) is 268 cm³/mol. The number of carbonyl (C=O) groups is 3. The van der Waals surface area contributed by atoms with Gasteiger partial charge >= 0.3 is 11.9 Å². The van der Waals surface area contributed by atoms with E-state index in [0.717, 1.165) is 83.5 Å². The molecule has 0 aromatic carbocycles.